The fourth-order valence-corrected chi connectivity index (χ4v) is 2.18. The molecule has 9 nitrogen and oxygen atoms in total. The van der Waals surface area contributed by atoms with Crippen molar-refractivity contribution >= 4 is 21.6 Å². The van der Waals surface area contributed by atoms with Crippen LogP contribution in [0.15, 0.2) is 16.6 Å². The van der Waals surface area contributed by atoms with Crippen LogP contribution in [-0.2, 0) is 13.7 Å². The average molecular weight is 358 g/mol. The van der Waals surface area contributed by atoms with Crippen molar-refractivity contribution in [3.05, 3.63) is 38.1 Å². The van der Waals surface area contributed by atoms with Gasteiger partial charge in [0.05, 0.1) is 18.1 Å². The molecule has 10 heteroatoms. The number of aryl methyl sites for hydroxylation is 1. The Balaban J connectivity index is 2.37. The molecule has 0 saturated carbocycles. The van der Waals surface area contributed by atoms with E-state index in [2.05, 4.69) is 31.3 Å². The van der Waals surface area contributed by atoms with E-state index in [-0.39, 0.29) is 23.9 Å². The highest BCUT2D eigenvalue weighted by atomic mass is 79.9. The first-order valence-electron chi connectivity index (χ1n) is 5.90. The number of ether oxygens (including phenoxy) is 1. The van der Waals surface area contributed by atoms with Crippen LogP contribution in [0.2, 0.25) is 0 Å². The lowest BCUT2D eigenvalue weighted by Crippen LogP contribution is -2.06. The van der Waals surface area contributed by atoms with Gasteiger partial charge in [-0.2, -0.15) is 4.80 Å². The lowest BCUT2D eigenvalue weighted by molar-refractivity contribution is -0.386. The highest BCUT2D eigenvalue weighted by Gasteiger charge is 2.23. The van der Waals surface area contributed by atoms with Gasteiger partial charge in [-0.1, -0.05) is 15.9 Å². The molecule has 0 aliphatic carbocycles. The first-order chi connectivity index (χ1) is 9.88. The van der Waals surface area contributed by atoms with Crippen LogP contribution in [0.25, 0.3) is 0 Å². The van der Waals surface area contributed by atoms with Gasteiger partial charge in [-0.3, -0.25) is 10.1 Å². The summed E-state index contributed by atoms with van der Waals surface area (Å²) in [5.41, 5.74) is 0.0594. The molecule has 21 heavy (non-hydrogen) atoms. The number of rotatable bonds is 5. The summed E-state index contributed by atoms with van der Waals surface area (Å²) in [7, 11) is 1.60. The predicted octanol–water partition coefficient (Wildman–Crippen LogP) is 1.51. The van der Waals surface area contributed by atoms with Crippen molar-refractivity contribution in [2.45, 2.75) is 19.6 Å². The van der Waals surface area contributed by atoms with Crippen molar-refractivity contribution in [2.75, 3.05) is 0 Å². The number of nitrogens with zero attached hydrogens (tertiary/aromatic N) is 5. The third-order valence-electron chi connectivity index (χ3n) is 2.60. The minimum Gasteiger partial charge on any atom is -0.478 e. The van der Waals surface area contributed by atoms with Crippen molar-refractivity contribution in [3.63, 3.8) is 0 Å². The van der Waals surface area contributed by atoms with Crippen molar-refractivity contribution in [1.29, 1.82) is 0 Å². The van der Waals surface area contributed by atoms with Gasteiger partial charge in [0.15, 0.2) is 6.61 Å². The van der Waals surface area contributed by atoms with Crippen molar-refractivity contribution in [2.24, 2.45) is 7.05 Å². The summed E-state index contributed by atoms with van der Waals surface area (Å²) >= 11 is 3.17. The van der Waals surface area contributed by atoms with E-state index in [4.69, 9.17) is 4.74 Å². The van der Waals surface area contributed by atoms with Crippen LogP contribution in [-0.4, -0.2) is 30.2 Å². The number of nitro benzene ring substituents is 1. The number of aliphatic hydroxyl groups is 1. The number of hydrogen-bond donors (Lipinski definition) is 1. The molecular formula is C11H12BrN5O4. The summed E-state index contributed by atoms with van der Waals surface area (Å²) in [5.74, 6) is 0.275. The van der Waals surface area contributed by atoms with Gasteiger partial charge in [0.2, 0.25) is 11.6 Å². The SMILES string of the molecule is C[C@H](O)c1cc(Br)cc([N+](=O)[O-])c1OCc1nnn(C)n1. The van der Waals surface area contributed by atoms with Crippen LogP contribution < -0.4 is 4.74 Å². The summed E-state index contributed by atoms with van der Waals surface area (Å²) in [5, 5.41) is 32.2. The zero-order valence-electron chi connectivity index (χ0n) is 11.2. The van der Waals surface area contributed by atoms with Gasteiger partial charge >= 0.3 is 5.69 Å². The van der Waals surface area contributed by atoms with Gasteiger partial charge in [0.25, 0.3) is 0 Å². The summed E-state index contributed by atoms with van der Waals surface area (Å²) in [6, 6.07) is 2.88. The van der Waals surface area contributed by atoms with Crippen molar-refractivity contribution in [1.82, 2.24) is 20.2 Å². The molecule has 1 atom stereocenters. The van der Waals surface area contributed by atoms with E-state index in [9.17, 15) is 15.2 Å². The molecule has 1 aromatic heterocycles. The van der Waals surface area contributed by atoms with Gasteiger partial charge in [-0.25, -0.2) is 0 Å². The standard InChI is InChI=1S/C11H12BrN5O4/c1-6(18)8-3-7(12)4-9(17(19)20)11(8)21-5-10-13-15-16(2)14-10/h3-4,6,18H,5H2,1-2H3/t6-/m0/s1. The number of aliphatic hydroxyl groups excluding tert-OH is 1. The zero-order valence-corrected chi connectivity index (χ0v) is 12.8. The van der Waals surface area contributed by atoms with E-state index < -0.39 is 11.0 Å². The average Bonchev–Trinajstić information content (AvgIpc) is 2.81. The Morgan fingerprint density at radius 1 is 1.57 bits per heavy atom. The van der Waals surface area contributed by atoms with E-state index >= 15 is 0 Å². The molecule has 1 heterocycles. The third-order valence-corrected chi connectivity index (χ3v) is 3.06. The number of tetrazole rings is 1. The minimum absolute atomic E-state index is 0.00865. The quantitative estimate of drug-likeness (QED) is 0.636. The molecule has 112 valence electrons. The van der Waals surface area contributed by atoms with Crippen molar-refractivity contribution in [3.8, 4) is 5.75 Å². The number of benzene rings is 1. The van der Waals surface area contributed by atoms with Gasteiger partial charge < -0.3 is 9.84 Å². The Hall–Kier alpha value is -2.07. The Morgan fingerprint density at radius 3 is 2.81 bits per heavy atom. The van der Waals surface area contributed by atoms with Gasteiger partial charge in [-0.15, -0.1) is 10.2 Å². The molecule has 2 aromatic rings. The Kier molecular flexibility index (Phi) is 4.48. The molecule has 1 aromatic carbocycles. The largest absolute Gasteiger partial charge is 0.478 e. The van der Waals surface area contributed by atoms with Crippen molar-refractivity contribution < 1.29 is 14.8 Å². The van der Waals surface area contributed by atoms with Crippen LogP contribution in [0.4, 0.5) is 5.69 Å². The third kappa shape index (κ3) is 3.52. The van der Waals surface area contributed by atoms with Gasteiger partial charge in [0.1, 0.15) is 0 Å². The first-order valence-corrected chi connectivity index (χ1v) is 6.69. The minimum atomic E-state index is -0.925. The molecule has 0 aliphatic heterocycles. The Morgan fingerprint density at radius 2 is 2.29 bits per heavy atom. The van der Waals surface area contributed by atoms with Crippen LogP contribution in [0.1, 0.15) is 24.4 Å². The van der Waals surface area contributed by atoms with E-state index in [0.29, 0.717) is 10.0 Å². The second-order valence-corrected chi connectivity index (χ2v) is 5.18. The van der Waals surface area contributed by atoms with Crippen LogP contribution in [0, 0.1) is 10.1 Å². The fourth-order valence-electron chi connectivity index (χ4n) is 1.72. The van der Waals surface area contributed by atoms with Crippen LogP contribution >= 0.6 is 15.9 Å². The van der Waals surface area contributed by atoms with Gasteiger partial charge in [-0.05, 0) is 18.2 Å². The van der Waals surface area contributed by atoms with E-state index in [0.717, 1.165) is 0 Å². The Labute approximate surface area is 127 Å². The molecular weight excluding hydrogens is 346 g/mol. The monoisotopic (exact) mass is 357 g/mol. The molecule has 0 spiro atoms. The number of hydrogen-bond acceptors (Lipinski definition) is 7. The molecule has 0 bridgehead atoms. The highest BCUT2D eigenvalue weighted by Crippen LogP contribution is 2.38. The maximum absolute atomic E-state index is 11.1. The van der Waals surface area contributed by atoms with E-state index in [1.54, 1.807) is 13.1 Å². The van der Waals surface area contributed by atoms with Crippen LogP contribution in [0.5, 0.6) is 5.75 Å². The summed E-state index contributed by atoms with van der Waals surface area (Å²) in [4.78, 5) is 11.8. The molecule has 1 N–H and O–H groups in total. The molecule has 0 radical (unpaired) electrons. The molecule has 0 fully saturated rings. The highest BCUT2D eigenvalue weighted by molar-refractivity contribution is 9.10. The lowest BCUT2D eigenvalue weighted by atomic mass is 10.1. The smallest absolute Gasteiger partial charge is 0.312 e. The Bertz CT molecular complexity index is 673. The van der Waals surface area contributed by atoms with Crippen LogP contribution in [0.3, 0.4) is 0 Å². The maximum atomic E-state index is 11.1. The molecule has 2 rings (SSSR count). The zero-order chi connectivity index (χ0) is 15.6. The first kappa shape index (κ1) is 15.3. The number of halogens is 1. The predicted molar refractivity (Wildman–Crippen MR) is 74.6 cm³/mol. The number of nitro groups is 1. The summed E-state index contributed by atoms with van der Waals surface area (Å²) in [6.45, 7) is 1.41. The second kappa shape index (κ2) is 6.14. The normalized spacial score (nSPS) is 12.2. The molecule has 0 aliphatic rings. The van der Waals surface area contributed by atoms with E-state index in [1.807, 2.05) is 0 Å². The molecule has 0 amide bonds. The number of aromatic nitrogens is 4. The topological polar surface area (TPSA) is 116 Å². The fraction of sp³-hybridized carbons (Fsp3) is 0.364. The van der Waals surface area contributed by atoms with Gasteiger partial charge in [0, 0.05) is 16.1 Å². The second-order valence-electron chi connectivity index (χ2n) is 4.26. The molecule has 0 saturated heterocycles. The van der Waals surface area contributed by atoms with E-state index in [1.165, 1.54) is 17.8 Å². The molecule has 0 unspecified atom stereocenters. The summed E-state index contributed by atoms with van der Waals surface area (Å²) in [6.07, 6.45) is -0.925. The lowest BCUT2D eigenvalue weighted by Gasteiger charge is -2.13. The summed E-state index contributed by atoms with van der Waals surface area (Å²) < 4.78 is 5.93. The maximum Gasteiger partial charge on any atom is 0.312 e.